The van der Waals surface area contributed by atoms with E-state index in [4.69, 9.17) is 4.74 Å². The Labute approximate surface area is 87.1 Å². The van der Waals surface area contributed by atoms with Gasteiger partial charge in [0.05, 0.1) is 6.61 Å². The maximum absolute atomic E-state index is 5.68. The molecule has 0 spiro atoms. The van der Waals surface area contributed by atoms with Gasteiger partial charge in [-0.15, -0.1) is 0 Å². The van der Waals surface area contributed by atoms with E-state index in [-0.39, 0.29) is 0 Å². The molecule has 0 N–H and O–H groups in total. The Balaban J connectivity index is 3.43. The summed E-state index contributed by atoms with van der Waals surface area (Å²) in [5.41, 5.74) is 6.68. The van der Waals surface area contributed by atoms with Crippen LogP contribution in [-0.4, -0.2) is 6.61 Å². The minimum Gasteiger partial charge on any atom is -0.493 e. The molecule has 1 aromatic rings. The highest BCUT2D eigenvalue weighted by molar-refractivity contribution is 5.53. The maximum Gasteiger partial charge on any atom is 0.125 e. The molecule has 0 atom stereocenters. The largest absolute Gasteiger partial charge is 0.493 e. The Kier molecular flexibility index (Phi) is 3.20. The molecule has 0 radical (unpaired) electrons. The van der Waals surface area contributed by atoms with Gasteiger partial charge in [-0.05, 0) is 69.4 Å². The molecule has 1 aromatic carbocycles. The second-order valence-corrected chi connectivity index (χ2v) is 3.89. The van der Waals surface area contributed by atoms with Crippen LogP contribution in [0.3, 0.4) is 0 Å². The average Bonchev–Trinajstić information content (AvgIpc) is 2.19. The van der Waals surface area contributed by atoms with Crippen LogP contribution in [0.2, 0.25) is 0 Å². The van der Waals surface area contributed by atoms with E-state index >= 15 is 0 Å². The lowest BCUT2D eigenvalue weighted by atomic mass is 9.94. The van der Waals surface area contributed by atoms with Gasteiger partial charge in [0.25, 0.3) is 0 Å². The third-order valence-electron chi connectivity index (χ3n) is 3.22. The summed E-state index contributed by atoms with van der Waals surface area (Å²) in [5.74, 6) is 1.08. The van der Waals surface area contributed by atoms with Crippen LogP contribution in [0, 0.1) is 34.6 Å². The predicted octanol–water partition coefficient (Wildman–Crippen LogP) is 3.63. The SMILES string of the molecule is CCOc1c(C)c(C)c(C)c(C)c1C. The molecule has 0 fully saturated rings. The van der Waals surface area contributed by atoms with E-state index in [0.29, 0.717) is 0 Å². The fourth-order valence-corrected chi connectivity index (χ4v) is 1.83. The van der Waals surface area contributed by atoms with Crippen LogP contribution in [0.25, 0.3) is 0 Å². The lowest BCUT2D eigenvalue weighted by Crippen LogP contribution is -2.02. The second kappa shape index (κ2) is 4.04. The minimum absolute atomic E-state index is 0.740. The molecule has 0 amide bonds. The molecular formula is C13H20O. The predicted molar refractivity (Wildman–Crippen MR) is 61.3 cm³/mol. The van der Waals surface area contributed by atoms with Gasteiger partial charge in [-0.1, -0.05) is 0 Å². The minimum atomic E-state index is 0.740. The summed E-state index contributed by atoms with van der Waals surface area (Å²) in [7, 11) is 0. The molecule has 0 bridgehead atoms. The van der Waals surface area contributed by atoms with Gasteiger partial charge in [-0.2, -0.15) is 0 Å². The number of hydrogen-bond donors (Lipinski definition) is 0. The fraction of sp³-hybridized carbons (Fsp3) is 0.538. The third kappa shape index (κ3) is 1.63. The zero-order valence-corrected chi connectivity index (χ0v) is 10.1. The quantitative estimate of drug-likeness (QED) is 0.695. The molecule has 0 aromatic heterocycles. The van der Waals surface area contributed by atoms with Crippen LogP contribution >= 0.6 is 0 Å². The molecule has 78 valence electrons. The molecular weight excluding hydrogens is 172 g/mol. The number of hydrogen-bond acceptors (Lipinski definition) is 1. The number of benzene rings is 1. The highest BCUT2D eigenvalue weighted by atomic mass is 16.5. The molecule has 1 nitrogen and oxygen atoms in total. The average molecular weight is 192 g/mol. The Morgan fingerprint density at radius 1 is 0.714 bits per heavy atom. The van der Waals surface area contributed by atoms with Crippen molar-refractivity contribution in [3.8, 4) is 5.75 Å². The van der Waals surface area contributed by atoms with Crippen molar-refractivity contribution in [1.82, 2.24) is 0 Å². The first-order valence-corrected chi connectivity index (χ1v) is 5.20. The topological polar surface area (TPSA) is 9.23 Å². The molecule has 0 aliphatic rings. The summed E-state index contributed by atoms with van der Waals surface area (Å²) < 4.78 is 5.68. The van der Waals surface area contributed by atoms with Gasteiger partial charge in [0.1, 0.15) is 5.75 Å². The molecule has 0 heterocycles. The van der Waals surface area contributed by atoms with Crippen molar-refractivity contribution in [3.05, 3.63) is 27.8 Å². The van der Waals surface area contributed by atoms with Gasteiger partial charge < -0.3 is 4.74 Å². The smallest absolute Gasteiger partial charge is 0.125 e. The Morgan fingerprint density at radius 2 is 1.07 bits per heavy atom. The first-order valence-electron chi connectivity index (χ1n) is 5.20. The van der Waals surface area contributed by atoms with E-state index in [2.05, 4.69) is 34.6 Å². The van der Waals surface area contributed by atoms with Gasteiger partial charge in [0.15, 0.2) is 0 Å². The molecule has 0 saturated carbocycles. The number of rotatable bonds is 2. The van der Waals surface area contributed by atoms with E-state index in [1.54, 1.807) is 0 Å². The van der Waals surface area contributed by atoms with Gasteiger partial charge in [0.2, 0.25) is 0 Å². The van der Waals surface area contributed by atoms with E-state index < -0.39 is 0 Å². The van der Waals surface area contributed by atoms with Crippen molar-refractivity contribution in [3.63, 3.8) is 0 Å². The van der Waals surface area contributed by atoms with Crippen molar-refractivity contribution < 1.29 is 4.74 Å². The van der Waals surface area contributed by atoms with Gasteiger partial charge >= 0.3 is 0 Å². The lowest BCUT2D eigenvalue weighted by Gasteiger charge is -2.18. The summed E-state index contributed by atoms with van der Waals surface area (Å²) in [4.78, 5) is 0. The Hall–Kier alpha value is -0.980. The van der Waals surface area contributed by atoms with Crippen LogP contribution in [0.1, 0.15) is 34.7 Å². The summed E-state index contributed by atoms with van der Waals surface area (Å²) >= 11 is 0. The standard InChI is InChI=1S/C13H20O/c1-7-14-13-11(5)9(3)8(2)10(4)12(13)6/h7H2,1-6H3. The fourth-order valence-electron chi connectivity index (χ4n) is 1.83. The zero-order valence-electron chi connectivity index (χ0n) is 10.1. The van der Waals surface area contributed by atoms with Gasteiger partial charge in [-0.25, -0.2) is 0 Å². The molecule has 14 heavy (non-hydrogen) atoms. The summed E-state index contributed by atoms with van der Waals surface area (Å²) in [5, 5.41) is 0. The Morgan fingerprint density at radius 3 is 1.43 bits per heavy atom. The first kappa shape index (κ1) is 11.1. The van der Waals surface area contributed by atoms with E-state index in [9.17, 15) is 0 Å². The van der Waals surface area contributed by atoms with E-state index in [1.807, 2.05) is 6.92 Å². The molecule has 0 aliphatic carbocycles. The van der Waals surface area contributed by atoms with Gasteiger partial charge in [-0.3, -0.25) is 0 Å². The monoisotopic (exact) mass is 192 g/mol. The highest BCUT2D eigenvalue weighted by Crippen LogP contribution is 2.31. The van der Waals surface area contributed by atoms with Crippen molar-refractivity contribution in [1.29, 1.82) is 0 Å². The van der Waals surface area contributed by atoms with Crippen molar-refractivity contribution in [2.24, 2.45) is 0 Å². The van der Waals surface area contributed by atoms with Crippen LogP contribution in [0.4, 0.5) is 0 Å². The molecule has 1 heteroatoms. The summed E-state index contributed by atoms with van der Waals surface area (Å²) in [6, 6.07) is 0. The van der Waals surface area contributed by atoms with Crippen LogP contribution in [0.5, 0.6) is 5.75 Å². The molecule has 0 aliphatic heterocycles. The summed E-state index contributed by atoms with van der Waals surface area (Å²) in [6.45, 7) is 13.6. The van der Waals surface area contributed by atoms with Gasteiger partial charge in [0, 0.05) is 0 Å². The van der Waals surface area contributed by atoms with E-state index in [1.165, 1.54) is 27.8 Å². The first-order chi connectivity index (χ1) is 6.50. The Bertz CT molecular complexity index is 322. The zero-order chi connectivity index (χ0) is 10.9. The maximum atomic E-state index is 5.68. The van der Waals surface area contributed by atoms with Crippen LogP contribution in [-0.2, 0) is 0 Å². The van der Waals surface area contributed by atoms with Crippen molar-refractivity contribution in [2.45, 2.75) is 41.5 Å². The number of ether oxygens (including phenoxy) is 1. The second-order valence-electron chi connectivity index (χ2n) is 3.89. The highest BCUT2D eigenvalue weighted by Gasteiger charge is 2.12. The third-order valence-corrected chi connectivity index (χ3v) is 3.22. The molecule has 0 unspecified atom stereocenters. The molecule has 1 rings (SSSR count). The van der Waals surface area contributed by atoms with E-state index in [0.717, 1.165) is 12.4 Å². The summed E-state index contributed by atoms with van der Waals surface area (Å²) in [6.07, 6.45) is 0. The van der Waals surface area contributed by atoms with Crippen molar-refractivity contribution >= 4 is 0 Å². The van der Waals surface area contributed by atoms with Crippen LogP contribution in [0.15, 0.2) is 0 Å². The van der Waals surface area contributed by atoms with Crippen LogP contribution < -0.4 is 4.74 Å². The van der Waals surface area contributed by atoms with Crippen molar-refractivity contribution in [2.75, 3.05) is 6.61 Å². The molecule has 0 saturated heterocycles. The normalized spacial score (nSPS) is 10.4. The lowest BCUT2D eigenvalue weighted by molar-refractivity contribution is 0.335.